The van der Waals surface area contributed by atoms with Gasteiger partial charge in [-0.15, -0.1) is 0 Å². The first kappa shape index (κ1) is 13.4. The van der Waals surface area contributed by atoms with Gasteiger partial charge in [-0.1, -0.05) is 12.1 Å². The first-order valence-electron chi connectivity index (χ1n) is 6.65. The van der Waals surface area contributed by atoms with E-state index in [0.29, 0.717) is 0 Å². The van der Waals surface area contributed by atoms with Gasteiger partial charge in [0.15, 0.2) is 5.82 Å². The van der Waals surface area contributed by atoms with Crippen molar-refractivity contribution in [2.24, 2.45) is 0 Å². The van der Waals surface area contributed by atoms with E-state index in [1.165, 1.54) is 5.56 Å². The minimum atomic E-state index is 0.790. The number of nitrogens with zero attached hydrogens (tertiary/aromatic N) is 3. The molecule has 4 nitrogen and oxygen atoms in total. The van der Waals surface area contributed by atoms with Crippen LogP contribution in [0.15, 0.2) is 35.1 Å². The topological polar surface area (TPSA) is 38.2 Å². The van der Waals surface area contributed by atoms with E-state index in [2.05, 4.69) is 42.9 Å². The van der Waals surface area contributed by atoms with Crippen molar-refractivity contribution in [1.29, 1.82) is 0 Å². The number of methoxy groups -OCH3 is 1. The van der Waals surface area contributed by atoms with E-state index < -0.39 is 0 Å². The van der Waals surface area contributed by atoms with Crippen LogP contribution in [0.25, 0.3) is 0 Å². The van der Waals surface area contributed by atoms with Gasteiger partial charge in [-0.2, -0.15) is 0 Å². The molecule has 5 heteroatoms. The molecule has 0 saturated carbocycles. The molecular formula is C15H16BrN3O. The van der Waals surface area contributed by atoms with Crippen molar-refractivity contribution in [2.75, 3.05) is 18.6 Å². The Hall–Kier alpha value is -1.62. The van der Waals surface area contributed by atoms with Crippen LogP contribution < -0.4 is 9.64 Å². The Morgan fingerprint density at radius 3 is 2.85 bits per heavy atom. The summed E-state index contributed by atoms with van der Waals surface area (Å²) in [5.74, 6) is 1.89. The van der Waals surface area contributed by atoms with Crippen molar-refractivity contribution in [3.05, 3.63) is 46.3 Å². The summed E-state index contributed by atoms with van der Waals surface area (Å²) in [6.45, 7) is 1.87. The zero-order valence-corrected chi connectivity index (χ0v) is 12.9. The summed E-state index contributed by atoms with van der Waals surface area (Å²) in [6.07, 6.45) is 3.91. The molecule has 2 aromatic rings. The standard InChI is InChI=1S/C15H16BrN3O/c1-20-12-6-4-11(5-7-12)10-19-8-2-3-13-15(19)18-14(16)9-17-13/h4-7,9H,2-3,8,10H2,1H3. The fourth-order valence-corrected chi connectivity index (χ4v) is 2.73. The molecule has 0 saturated heterocycles. The number of aryl methyl sites for hydroxylation is 1. The van der Waals surface area contributed by atoms with E-state index in [1.54, 1.807) is 13.3 Å². The lowest BCUT2D eigenvalue weighted by Crippen LogP contribution is -2.30. The number of benzene rings is 1. The molecule has 0 bridgehead atoms. The quantitative estimate of drug-likeness (QED) is 0.864. The summed E-state index contributed by atoms with van der Waals surface area (Å²) in [7, 11) is 1.68. The smallest absolute Gasteiger partial charge is 0.151 e. The van der Waals surface area contributed by atoms with Crippen molar-refractivity contribution >= 4 is 21.7 Å². The van der Waals surface area contributed by atoms with Gasteiger partial charge in [-0.25, -0.2) is 4.98 Å². The van der Waals surface area contributed by atoms with E-state index in [4.69, 9.17) is 4.74 Å². The SMILES string of the molecule is COc1ccc(CN2CCCc3ncc(Br)nc32)cc1. The number of ether oxygens (including phenoxy) is 1. The third-order valence-corrected chi connectivity index (χ3v) is 3.85. The third-order valence-electron chi connectivity index (χ3n) is 3.47. The predicted molar refractivity (Wildman–Crippen MR) is 82.1 cm³/mol. The normalized spacial score (nSPS) is 14.0. The number of hydrogen-bond donors (Lipinski definition) is 0. The lowest BCUT2D eigenvalue weighted by molar-refractivity contribution is 0.414. The Morgan fingerprint density at radius 2 is 2.10 bits per heavy atom. The van der Waals surface area contributed by atoms with Crippen molar-refractivity contribution < 1.29 is 4.74 Å². The van der Waals surface area contributed by atoms with Gasteiger partial charge in [-0.05, 0) is 46.5 Å². The van der Waals surface area contributed by atoms with Crippen LogP contribution in [0.1, 0.15) is 17.7 Å². The lowest BCUT2D eigenvalue weighted by atomic mass is 10.1. The maximum absolute atomic E-state index is 5.19. The highest BCUT2D eigenvalue weighted by Crippen LogP contribution is 2.26. The van der Waals surface area contributed by atoms with Crippen LogP contribution in [-0.2, 0) is 13.0 Å². The van der Waals surface area contributed by atoms with Gasteiger partial charge in [0.05, 0.1) is 19.0 Å². The average Bonchev–Trinajstić information content (AvgIpc) is 2.49. The molecule has 1 aliphatic rings. The zero-order chi connectivity index (χ0) is 13.9. The maximum atomic E-state index is 5.19. The number of anilines is 1. The molecule has 0 amide bonds. The predicted octanol–water partition coefficient (Wildman–Crippen LogP) is 3.20. The fraction of sp³-hybridized carbons (Fsp3) is 0.333. The van der Waals surface area contributed by atoms with Gasteiger partial charge < -0.3 is 9.64 Å². The highest BCUT2D eigenvalue weighted by Gasteiger charge is 2.19. The van der Waals surface area contributed by atoms with E-state index in [9.17, 15) is 0 Å². The fourth-order valence-electron chi connectivity index (χ4n) is 2.46. The molecule has 2 heterocycles. The maximum Gasteiger partial charge on any atom is 0.151 e. The molecule has 3 rings (SSSR count). The summed E-state index contributed by atoms with van der Waals surface area (Å²) >= 11 is 3.41. The Balaban J connectivity index is 1.83. The molecule has 104 valence electrons. The van der Waals surface area contributed by atoms with E-state index in [-0.39, 0.29) is 0 Å². The lowest BCUT2D eigenvalue weighted by Gasteiger charge is -2.29. The van der Waals surface area contributed by atoms with Crippen LogP contribution in [0.5, 0.6) is 5.75 Å². The second-order valence-electron chi connectivity index (χ2n) is 4.84. The first-order valence-corrected chi connectivity index (χ1v) is 7.45. The van der Waals surface area contributed by atoms with Crippen LogP contribution in [0, 0.1) is 0 Å². The first-order chi connectivity index (χ1) is 9.76. The average molecular weight is 334 g/mol. The molecule has 0 fully saturated rings. The van der Waals surface area contributed by atoms with Crippen LogP contribution in [0.3, 0.4) is 0 Å². The second-order valence-corrected chi connectivity index (χ2v) is 5.65. The van der Waals surface area contributed by atoms with Crippen molar-refractivity contribution in [3.63, 3.8) is 0 Å². The number of rotatable bonds is 3. The summed E-state index contributed by atoms with van der Waals surface area (Å²) in [5.41, 5.74) is 2.34. The number of hydrogen-bond acceptors (Lipinski definition) is 4. The highest BCUT2D eigenvalue weighted by atomic mass is 79.9. The summed E-state index contributed by atoms with van der Waals surface area (Å²) in [6, 6.07) is 8.18. The third kappa shape index (κ3) is 2.77. The summed E-state index contributed by atoms with van der Waals surface area (Å²) in [4.78, 5) is 11.3. The molecule has 0 spiro atoms. The molecule has 0 aliphatic carbocycles. The van der Waals surface area contributed by atoms with Crippen LogP contribution in [-0.4, -0.2) is 23.6 Å². The summed E-state index contributed by atoms with van der Waals surface area (Å²) in [5, 5.41) is 0. The Kier molecular flexibility index (Phi) is 3.87. The number of fused-ring (bicyclic) bond motifs is 1. The molecule has 1 aromatic heterocycles. The van der Waals surface area contributed by atoms with Crippen molar-refractivity contribution in [3.8, 4) is 5.75 Å². The van der Waals surface area contributed by atoms with Crippen LogP contribution in [0.4, 0.5) is 5.82 Å². The molecule has 0 unspecified atom stereocenters. The van der Waals surface area contributed by atoms with Gasteiger partial charge in [0.25, 0.3) is 0 Å². The molecule has 20 heavy (non-hydrogen) atoms. The molecule has 0 N–H and O–H groups in total. The monoisotopic (exact) mass is 333 g/mol. The summed E-state index contributed by atoms with van der Waals surface area (Å²) < 4.78 is 5.98. The van der Waals surface area contributed by atoms with Gasteiger partial charge in [0.2, 0.25) is 0 Å². The molecule has 0 radical (unpaired) electrons. The number of halogens is 1. The zero-order valence-electron chi connectivity index (χ0n) is 11.3. The van der Waals surface area contributed by atoms with E-state index >= 15 is 0 Å². The highest BCUT2D eigenvalue weighted by molar-refractivity contribution is 9.10. The second kappa shape index (κ2) is 5.79. The van der Waals surface area contributed by atoms with Crippen LogP contribution >= 0.6 is 15.9 Å². The molecule has 0 atom stereocenters. The van der Waals surface area contributed by atoms with E-state index in [1.807, 2.05) is 12.1 Å². The molecular weight excluding hydrogens is 318 g/mol. The minimum absolute atomic E-state index is 0.790. The molecule has 1 aliphatic heterocycles. The van der Waals surface area contributed by atoms with Gasteiger partial charge in [0.1, 0.15) is 10.4 Å². The van der Waals surface area contributed by atoms with Gasteiger partial charge >= 0.3 is 0 Å². The largest absolute Gasteiger partial charge is 0.497 e. The van der Waals surface area contributed by atoms with Crippen LogP contribution in [0.2, 0.25) is 0 Å². The Labute approximate surface area is 126 Å². The van der Waals surface area contributed by atoms with Gasteiger partial charge in [0, 0.05) is 13.1 Å². The van der Waals surface area contributed by atoms with Crippen molar-refractivity contribution in [2.45, 2.75) is 19.4 Å². The molecule has 1 aromatic carbocycles. The Morgan fingerprint density at radius 1 is 1.30 bits per heavy atom. The minimum Gasteiger partial charge on any atom is -0.497 e. The Bertz CT molecular complexity index is 601. The number of aromatic nitrogens is 2. The van der Waals surface area contributed by atoms with Gasteiger partial charge in [-0.3, -0.25) is 4.98 Å². The van der Waals surface area contributed by atoms with Crippen molar-refractivity contribution in [1.82, 2.24) is 9.97 Å². The van der Waals surface area contributed by atoms with E-state index in [0.717, 1.165) is 47.8 Å².